The molecule has 0 aliphatic heterocycles. The average molecular weight is 260 g/mol. The van der Waals surface area contributed by atoms with Gasteiger partial charge < -0.3 is 9.84 Å². The van der Waals surface area contributed by atoms with E-state index in [0.717, 1.165) is 4.68 Å². The zero-order valence-corrected chi connectivity index (χ0v) is 10.2. The van der Waals surface area contributed by atoms with Crippen molar-refractivity contribution in [2.45, 2.75) is 6.54 Å². The molecule has 0 saturated carbocycles. The maximum atomic E-state index is 11.5. The van der Waals surface area contributed by atoms with Crippen molar-refractivity contribution in [1.29, 1.82) is 0 Å². The quantitative estimate of drug-likeness (QED) is 0.887. The van der Waals surface area contributed by atoms with Gasteiger partial charge in [-0.15, -0.1) is 0 Å². The van der Waals surface area contributed by atoms with E-state index in [9.17, 15) is 9.59 Å². The van der Waals surface area contributed by atoms with Crippen LogP contribution in [-0.2, 0) is 11.3 Å². The highest BCUT2D eigenvalue weighted by Crippen LogP contribution is 2.26. The lowest BCUT2D eigenvalue weighted by Crippen LogP contribution is -2.26. The van der Waals surface area contributed by atoms with E-state index < -0.39 is 18.1 Å². The first-order valence-corrected chi connectivity index (χ1v) is 5.55. The van der Waals surface area contributed by atoms with Crippen molar-refractivity contribution in [3.63, 3.8) is 0 Å². The molecule has 0 unspecified atom stereocenters. The van der Waals surface area contributed by atoms with Gasteiger partial charge in [0.15, 0.2) is 0 Å². The number of aliphatic carboxylic acids is 1. The normalized spacial score (nSPS) is 10.2. The third-order valence-electron chi connectivity index (χ3n) is 2.53. The molecule has 0 aliphatic carbocycles. The lowest BCUT2D eigenvalue weighted by atomic mass is 10.1. The van der Waals surface area contributed by atoms with E-state index in [1.807, 2.05) is 12.1 Å². The minimum Gasteiger partial charge on any atom is -0.496 e. The number of para-hydroxylation sites is 1. The number of rotatable bonds is 4. The number of carboxylic acids is 1. The van der Waals surface area contributed by atoms with Crippen molar-refractivity contribution in [2.24, 2.45) is 0 Å². The Hall–Kier alpha value is -2.63. The Balaban J connectivity index is 2.51. The highest BCUT2D eigenvalue weighted by molar-refractivity contribution is 5.68. The maximum absolute atomic E-state index is 11.5. The van der Waals surface area contributed by atoms with Crippen LogP contribution >= 0.6 is 0 Å². The van der Waals surface area contributed by atoms with E-state index in [0.29, 0.717) is 17.0 Å². The second-order valence-corrected chi connectivity index (χ2v) is 3.81. The number of carbonyl (C=O) groups is 1. The van der Waals surface area contributed by atoms with Crippen LogP contribution in [0.5, 0.6) is 5.75 Å². The molecule has 1 aromatic carbocycles. The standard InChI is InChI=1S/C13H12N2O4/c1-19-11-5-3-2-4-9(11)10-6-7-12(16)15(14-10)8-13(17)18/h2-7H,8H2,1H3,(H,17,18). The molecule has 1 N–H and O–H groups in total. The van der Waals surface area contributed by atoms with Crippen molar-refractivity contribution in [1.82, 2.24) is 9.78 Å². The molecule has 19 heavy (non-hydrogen) atoms. The van der Waals surface area contributed by atoms with Gasteiger partial charge in [-0.2, -0.15) is 5.10 Å². The SMILES string of the molecule is COc1ccccc1-c1ccc(=O)n(CC(=O)O)n1. The molecule has 0 bridgehead atoms. The maximum Gasteiger partial charge on any atom is 0.325 e. The van der Waals surface area contributed by atoms with Crippen molar-refractivity contribution in [2.75, 3.05) is 7.11 Å². The van der Waals surface area contributed by atoms with Gasteiger partial charge in [0, 0.05) is 11.6 Å². The topological polar surface area (TPSA) is 81.4 Å². The zero-order chi connectivity index (χ0) is 13.8. The molecule has 6 heteroatoms. The number of methoxy groups -OCH3 is 1. The van der Waals surface area contributed by atoms with Crippen molar-refractivity contribution >= 4 is 5.97 Å². The Bertz CT molecular complexity index is 664. The van der Waals surface area contributed by atoms with Gasteiger partial charge in [0.05, 0.1) is 12.8 Å². The van der Waals surface area contributed by atoms with Gasteiger partial charge in [-0.3, -0.25) is 9.59 Å². The van der Waals surface area contributed by atoms with Gasteiger partial charge in [0.1, 0.15) is 12.3 Å². The van der Waals surface area contributed by atoms with Crippen LogP contribution in [0.25, 0.3) is 11.3 Å². The van der Waals surface area contributed by atoms with E-state index in [2.05, 4.69) is 5.10 Å². The van der Waals surface area contributed by atoms with Crippen LogP contribution in [0.15, 0.2) is 41.2 Å². The molecule has 0 aliphatic rings. The molecule has 0 fully saturated rings. The van der Waals surface area contributed by atoms with E-state index in [-0.39, 0.29) is 0 Å². The summed E-state index contributed by atoms with van der Waals surface area (Å²) in [5, 5.41) is 12.8. The van der Waals surface area contributed by atoms with Crippen molar-refractivity contribution in [3.8, 4) is 17.0 Å². The second kappa shape index (κ2) is 5.34. The highest BCUT2D eigenvalue weighted by Gasteiger charge is 2.09. The van der Waals surface area contributed by atoms with Crippen LogP contribution in [0.2, 0.25) is 0 Å². The number of ether oxygens (including phenoxy) is 1. The Kier molecular flexibility index (Phi) is 3.61. The molecule has 2 aromatic rings. The fourth-order valence-corrected chi connectivity index (χ4v) is 1.69. The lowest BCUT2D eigenvalue weighted by molar-refractivity contribution is -0.138. The monoisotopic (exact) mass is 260 g/mol. The first kappa shape index (κ1) is 12.8. The summed E-state index contributed by atoms with van der Waals surface area (Å²) >= 11 is 0. The summed E-state index contributed by atoms with van der Waals surface area (Å²) in [6.07, 6.45) is 0. The number of benzene rings is 1. The number of nitrogens with zero attached hydrogens (tertiary/aromatic N) is 2. The zero-order valence-electron chi connectivity index (χ0n) is 10.2. The van der Waals surface area contributed by atoms with Gasteiger partial charge in [-0.05, 0) is 18.2 Å². The molecule has 0 atom stereocenters. The minimum atomic E-state index is -1.12. The smallest absolute Gasteiger partial charge is 0.325 e. The second-order valence-electron chi connectivity index (χ2n) is 3.81. The summed E-state index contributed by atoms with van der Waals surface area (Å²) in [5.74, 6) is -0.512. The predicted molar refractivity (Wildman–Crippen MR) is 68.1 cm³/mol. The Morgan fingerprint density at radius 2 is 2.05 bits per heavy atom. The number of hydrogen-bond acceptors (Lipinski definition) is 4. The molecule has 0 saturated heterocycles. The molecular formula is C13H12N2O4. The van der Waals surface area contributed by atoms with Gasteiger partial charge in [0.25, 0.3) is 5.56 Å². The first-order valence-electron chi connectivity index (χ1n) is 5.55. The Morgan fingerprint density at radius 3 is 2.74 bits per heavy atom. The summed E-state index contributed by atoms with van der Waals surface area (Å²) in [6, 6.07) is 10.0. The molecule has 2 rings (SSSR count). The third-order valence-corrected chi connectivity index (χ3v) is 2.53. The molecule has 1 aromatic heterocycles. The van der Waals surface area contributed by atoms with Crippen LogP contribution in [0.1, 0.15) is 0 Å². The summed E-state index contributed by atoms with van der Waals surface area (Å²) in [6.45, 7) is -0.470. The number of hydrogen-bond donors (Lipinski definition) is 1. The van der Waals surface area contributed by atoms with Crippen LogP contribution < -0.4 is 10.3 Å². The van der Waals surface area contributed by atoms with Crippen molar-refractivity contribution in [3.05, 3.63) is 46.8 Å². The van der Waals surface area contributed by atoms with Gasteiger partial charge in [-0.1, -0.05) is 12.1 Å². The van der Waals surface area contributed by atoms with Crippen LogP contribution in [0.3, 0.4) is 0 Å². The number of aromatic nitrogens is 2. The molecule has 0 radical (unpaired) electrons. The molecule has 0 spiro atoms. The van der Waals surface area contributed by atoms with E-state index in [1.165, 1.54) is 13.2 Å². The molecule has 0 amide bonds. The van der Waals surface area contributed by atoms with E-state index in [4.69, 9.17) is 9.84 Å². The van der Waals surface area contributed by atoms with E-state index >= 15 is 0 Å². The van der Waals surface area contributed by atoms with Crippen LogP contribution in [0, 0.1) is 0 Å². The summed E-state index contributed by atoms with van der Waals surface area (Å²) in [7, 11) is 1.53. The van der Waals surface area contributed by atoms with E-state index in [1.54, 1.807) is 18.2 Å². The predicted octanol–water partition coefficient (Wildman–Crippen LogP) is 1.00. The summed E-state index contributed by atoms with van der Waals surface area (Å²) < 4.78 is 6.11. The van der Waals surface area contributed by atoms with Gasteiger partial charge in [0.2, 0.25) is 0 Å². The first-order chi connectivity index (χ1) is 9.11. The number of carboxylic acid groups (broad SMARTS) is 1. The minimum absolute atomic E-state index is 0.457. The van der Waals surface area contributed by atoms with Crippen molar-refractivity contribution < 1.29 is 14.6 Å². The Morgan fingerprint density at radius 1 is 1.32 bits per heavy atom. The molecule has 6 nitrogen and oxygen atoms in total. The van der Waals surface area contributed by atoms with Crippen LogP contribution in [0.4, 0.5) is 0 Å². The fraction of sp³-hybridized carbons (Fsp3) is 0.154. The largest absolute Gasteiger partial charge is 0.496 e. The molecular weight excluding hydrogens is 248 g/mol. The third kappa shape index (κ3) is 2.79. The summed E-state index contributed by atoms with van der Waals surface area (Å²) in [5.41, 5.74) is 0.725. The fourth-order valence-electron chi connectivity index (χ4n) is 1.69. The molecule has 98 valence electrons. The van der Waals surface area contributed by atoms with Gasteiger partial charge in [-0.25, -0.2) is 4.68 Å². The Labute approximate surface area is 108 Å². The average Bonchev–Trinajstić information content (AvgIpc) is 2.41. The van der Waals surface area contributed by atoms with Gasteiger partial charge >= 0.3 is 5.97 Å². The molecule has 1 heterocycles. The van der Waals surface area contributed by atoms with Crippen LogP contribution in [-0.4, -0.2) is 28.0 Å². The summed E-state index contributed by atoms with van der Waals surface area (Å²) in [4.78, 5) is 22.2. The highest BCUT2D eigenvalue weighted by atomic mass is 16.5. The lowest BCUT2D eigenvalue weighted by Gasteiger charge is -2.08.